The van der Waals surface area contributed by atoms with Crippen molar-refractivity contribution in [3.05, 3.63) is 74.2 Å². The zero-order valence-corrected chi connectivity index (χ0v) is 24.3. The summed E-state index contributed by atoms with van der Waals surface area (Å²) in [5.41, 5.74) is 13.2. The standard InChI is InChI=1S/C26H31ClN2S.C2H6.C2H4/c1-9-18-19(10-2)23(24(27)25-22(18)17(8)28-26(30)29-25)20-12-11-14(5)16(7)21(20)15(6)13(3)4;2*1-2/h11-12H,9-10H2,1-8H3,(H,28,29,30);1-2H3;1-2H2. The van der Waals surface area contributed by atoms with Crippen LogP contribution in [0.5, 0.6) is 0 Å². The summed E-state index contributed by atoms with van der Waals surface area (Å²) in [6.45, 7) is 27.4. The fourth-order valence-electron chi connectivity index (χ4n) is 4.49. The van der Waals surface area contributed by atoms with E-state index in [0.717, 1.165) is 35.0 Å². The lowest BCUT2D eigenvalue weighted by Gasteiger charge is -2.23. The SMILES string of the molecule is C=C.CC.CCc1c(-c2ccc(C)c(C)c2C(C)=C(C)C)c(Cl)c2nc(=S)[nH]c(C)c2c1CC. The molecule has 2 nitrogen and oxygen atoms in total. The molecule has 1 N–H and O–H groups in total. The highest BCUT2D eigenvalue weighted by Crippen LogP contribution is 2.44. The van der Waals surface area contributed by atoms with Crippen molar-refractivity contribution in [3.8, 4) is 11.1 Å². The lowest BCUT2D eigenvalue weighted by Crippen LogP contribution is -2.05. The van der Waals surface area contributed by atoms with Crippen LogP contribution in [0, 0.1) is 25.5 Å². The van der Waals surface area contributed by atoms with Crippen LogP contribution < -0.4 is 0 Å². The van der Waals surface area contributed by atoms with E-state index in [2.05, 4.69) is 90.6 Å². The maximum absolute atomic E-state index is 7.14. The number of H-pyrrole nitrogens is 1. The van der Waals surface area contributed by atoms with Gasteiger partial charge in [-0.25, -0.2) is 4.98 Å². The fourth-order valence-corrected chi connectivity index (χ4v) is 5.08. The molecule has 1 aromatic heterocycles. The Bertz CT molecular complexity index is 1260. The van der Waals surface area contributed by atoms with Crippen LogP contribution in [0.25, 0.3) is 27.6 Å². The third-order valence-electron chi connectivity index (χ3n) is 6.35. The minimum Gasteiger partial charge on any atom is -0.334 e. The third kappa shape index (κ3) is 5.53. The molecule has 0 spiro atoms. The van der Waals surface area contributed by atoms with E-state index in [1.54, 1.807) is 0 Å². The van der Waals surface area contributed by atoms with Gasteiger partial charge in [-0.05, 0) is 106 Å². The van der Waals surface area contributed by atoms with E-state index in [0.29, 0.717) is 9.79 Å². The van der Waals surface area contributed by atoms with Gasteiger partial charge < -0.3 is 4.98 Å². The molecule has 4 heteroatoms. The Morgan fingerprint density at radius 1 is 1.00 bits per heavy atom. The second-order valence-electron chi connectivity index (χ2n) is 8.30. The summed E-state index contributed by atoms with van der Waals surface area (Å²) < 4.78 is 0.472. The maximum atomic E-state index is 7.14. The molecule has 0 aliphatic rings. The number of nitrogens with one attached hydrogen (secondary N) is 1. The van der Waals surface area contributed by atoms with Crippen molar-refractivity contribution in [2.45, 2.75) is 82.1 Å². The average Bonchev–Trinajstić information content (AvgIpc) is 2.83. The van der Waals surface area contributed by atoms with Gasteiger partial charge in [-0.2, -0.15) is 0 Å². The zero-order valence-electron chi connectivity index (χ0n) is 22.7. The molecule has 3 aromatic rings. The highest BCUT2D eigenvalue weighted by atomic mass is 35.5. The molecule has 0 aliphatic carbocycles. The number of halogens is 1. The van der Waals surface area contributed by atoms with Crippen molar-refractivity contribution >= 4 is 40.3 Å². The molecular formula is C30H41ClN2S. The first-order valence-electron chi connectivity index (χ1n) is 12.1. The van der Waals surface area contributed by atoms with E-state index < -0.39 is 0 Å². The van der Waals surface area contributed by atoms with E-state index in [-0.39, 0.29) is 0 Å². The topological polar surface area (TPSA) is 28.7 Å². The minimum absolute atomic E-state index is 0.472. The molecular weight excluding hydrogens is 456 g/mol. The summed E-state index contributed by atoms with van der Waals surface area (Å²) >= 11 is 12.5. The molecule has 0 bridgehead atoms. The van der Waals surface area contributed by atoms with Crippen LogP contribution in [0.15, 0.2) is 30.9 Å². The maximum Gasteiger partial charge on any atom is 0.197 e. The Balaban J connectivity index is 0.00000137. The molecule has 1 heterocycles. The Hall–Kier alpha value is -2.23. The van der Waals surface area contributed by atoms with Gasteiger partial charge in [-0.15, -0.1) is 13.2 Å². The first kappa shape index (κ1) is 29.8. The van der Waals surface area contributed by atoms with Crippen molar-refractivity contribution in [2.75, 3.05) is 0 Å². The summed E-state index contributed by atoms with van der Waals surface area (Å²) in [5.74, 6) is 0. The molecule has 2 aromatic carbocycles. The van der Waals surface area contributed by atoms with Crippen LogP contribution in [0.3, 0.4) is 0 Å². The summed E-state index contributed by atoms with van der Waals surface area (Å²) in [4.78, 5) is 7.90. The first-order chi connectivity index (χ1) is 16.1. The van der Waals surface area contributed by atoms with E-state index in [9.17, 15) is 0 Å². The number of fused-ring (bicyclic) bond motifs is 1. The lowest BCUT2D eigenvalue weighted by molar-refractivity contribution is 1.03. The van der Waals surface area contributed by atoms with Crippen LogP contribution in [0.2, 0.25) is 5.02 Å². The third-order valence-corrected chi connectivity index (χ3v) is 6.91. The number of rotatable bonds is 4. The minimum atomic E-state index is 0.472. The number of aryl methyl sites for hydroxylation is 3. The molecule has 0 atom stereocenters. The summed E-state index contributed by atoms with van der Waals surface area (Å²) in [7, 11) is 0. The second-order valence-corrected chi connectivity index (χ2v) is 9.06. The number of benzene rings is 2. The molecule has 0 unspecified atom stereocenters. The van der Waals surface area contributed by atoms with Crippen LogP contribution in [0.1, 0.15) is 82.0 Å². The van der Waals surface area contributed by atoms with Gasteiger partial charge in [0.25, 0.3) is 0 Å². The van der Waals surface area contributed by atoms with E-state index in [1.807, 2.05) is 13.8 Å². The van der Waals surface area contributed by atoms with Gasteiger partial charge in [-0.1, -0.05) is 57.0 Å². The van der Waals surface area contributed by atoms with E-state index >= 15 is 0 Å². The Labute approximate surface area is 217 Å². The predicted molar refractivity (Wildman–Crippen MR) is 157 cm³/mol. The highest BCUT2D eigenvalue weighted by molar-refractivity contribution is 7.71. The summed E-state index contributed by atoms with van der Waals surface area (Å²) in [6, 6.07) is 4.43. The number of aromatic amines is 1. The van der Waals surface area contributed by atoms with Crippen molar-refractivity contribution in [2.24, 2.45) is 0 Å². The number of nitrogens with zero attached hydrogens (tertiary/aromatic N) is 1. The zero-order chi connectivity index (χ0) is 26.3. The first-order valence-corrected chi connectivity index (χ1v) is 12.9. The Morgan fingerprint density at radius 3 is 2.06 bits per heavy atom. The lowest BCUT2D eigenvalue weighted by atomic mass is 9.83. The van der Waals surface area contributed by atoms with Crippen LogP contribution >= 0.6 is 23.8 Å². The summed E-state index contributed by atoms with van der Waals surface area (Å²) in [6.07, 6.45) is 1.82. The normalized spacial score (nSPS) is 10.2. The van der Waals surface area contributed by atoms with Gasteiger partial charge in [0.2, 0.25) is 0 Å². The van der Waals surface area contributed by atoms with Gasteiger partial charge >= 0.3 is 0 Å². The van der Waals surface area contributed by atoms with Crippen molar-refractivity contribution in [3.63, 3.8) is 0 Å². The monoisotopic (exact) mass is 496 g/mol. The largest absolute Gasteiger partial charge is 0.334 e. The molecule has 0 amide bonds. The van der Waals surface area contributed by atoms with Crippen LogP contribution in [-0.4, -0.2) is 9.97 Å². The van der Waals surface area contributed by atoms with Gasteiger partial charge in [0.15, 0.2) is 4.77 Å². The molecule has 34 heavy (non-hydrogen) atoms. The van der Waals surface area contributed by atoms with Crippen molar-refractivity contribution in [1.82, 2.24) is 9.97 Å². The second kappa shape index (κ2) is 13.0. The molecule has 0 saturated heterocycles. The number of hydrogen-bond acceptors (Lipinski definition) is 2. The van der Waals surface area contributed by atoms with Gasteiger partial charge in [-0.3, -0.25) is 0 Å². The van der Waals surface area contributed by atoms with Crippen LogP contribution in [-0.2, 0) is 12.8 Å². The van der Waals surface area contributed by atoms with Crippen LogP contribution in [0.4, 0.5) is 0 Å². The molecule has 0 saturated carbocycles. The average molecular weight is 497 g/mol. The van der Waals surface area contributed by atoms with Gasteiger partial charge in [0.1, 0.15) is 0 Å². The molecule has 3 rings (SSSR count). The number of hydrogen-bond donors (Lipinski definition) is 1. The fraction of sp³-hybridized carbons (Fsp3) is 0.400. The molecule has 0 radical (unpaired) electrons. The molecule has 0 fully saturated rings. The molecule has 184 valence electrons. The van der Waals surface area contributed by atoms with E-state index in [4.69, 9.17) is 23.8 Å². The highest BCUT2D eigenvalue weighted by Gasteiger charge is 2.23. The Morgan fingerprint density at radius 2 is 1.56 bits per heavy atom. The smallest absolute Gasteiger partial charge is 0.197 e. The quantitative estimate of drug-likeness (QED) is 0.287. The predicted octanol–water partition coefficient (Wildman–Crippen LogP) is 10.3. The van der Waals surface area contributed by atoms with Crippen molar-refractivity contribution in [1.29, 1.82) is 0 Å². The van der Waals surface area contributed by atoms with Gasteiger partial charge in [0.05, 0.1) is 10.5 Å². The molecule has 0 aliphatic heterocycles. The Kier molecular flexibility index (Phi) is 11.4. The van der Waals surface area contributed by atoms with Crippen molar-refractivity contribution < 1.29 is 0 Å². The number of allylic oxidation sites excluding steroid dienone is 2. The number of aromatic nitrogens is 2. The van der Waals surface area contributed by atoms with Gasteiger partial charge in [0, 0.05) is 16.6 Å². The van der Waals surface area contributed by atoms with E-state index in [1.165, 1.54) is 44.5 Å². The summed E-state index contributed by atoms with van der Waals surface area (Å²) in [5, 5.41) is 1.81.